The summed E-state index contributed by atoms with van der Waals surface area (Å²) in [6.45, 7) is 2.14. The lowest BCUT2D eigenvalue weighted by molar-refractivity contribution is 0.355. The molecule has 0 atom stereocenters. The summed E-state index contributed by atoms with van der Waals surface area (Å²) in [5, 5.41) is 0. The van der Waals surface area contributed by atoms with Crippen molar-refractivity contribution >= 4 is 5.69 Å². The number of anilines is 1. The number of hydrogen-bond acceptors (Lipinski definition) is 3. The predicted molar refractivity (Wildman–Crippen MR) is 65.3 cm³/mol. The molecule has 2 rings (SSSR count). The third-order valence-electron chi connectivity index (χ3n) is 2.92. The summed E-state index contributed by atoms with van der Waals surface area (Å²) in [5.41, 5.74) is 1.20. The van der Waals surface area contributed by atoms with Gasteiger partial charge in [0.15, 0.2) is 11.5 Å². The number of piperidine rings is 1. The Labute approximate surface area is 97.0 Å². The molecule has 3 heteroatoms. The van der Waals surface area contributed by atoms with Crippen LogP contribution in [0.3, 0.4) is 0 Å². The summed E-state index contributed by atoms with van der Waals surface area (Å²) in [5.74, 6) is 1.58. The van der Waals surface area contributed by atoms with Gasteiger partial charge in [-0.1, -0.05) is 0 Å². The number of benzene rings is 1. The highest BCUT2D eigenvalue weighted by molar-refractivity contribution is 5.56. The van der Waals surface area contributed by atoms with Gasteiger partial charge in [0.1, 0.15) is 0 Å². The Morgan fingerprint density at radius 3 is 2.56 bits per heavy atom. The number of hydrogen-bond donors (Lipinski definition) is 0. The summed E-state index contributed by atoms with van der Waals surface area (Å²) in [6.07, 6.45) is 4.78. The fourth-order valence-corrected chi connectivity index (χ4v) is 2.02. The van der Waals surface area contributed by atoms with E-state index in [0.29, 0.717) is 0 Å². The van der Waals surface area contributed by atoms with Gasteiger partial charge < -0.3 is 14.4 Å². The maximum atomic E-state index is 5.31. The molecule has 1 aliphatic rings. The minimum Gasteiger partial charge on any atom is -0.493 e. The largest absolute Gasteiger partial charge is 0.493 e. The van der Waals surface area contributed by atoms with Crippen LogP contribution < -0.4 is 14.4 Å². The average Bonchev–Trinajstić information content (AvgIpc) is 2.39. The van der Waals surface area contributed by atoms with E-state index in [1.54, 1.807) is 14.2 Å². The minimum absolute atomic E-state index is 0.784. The highest BCUT2D eigenvalue weighted by atomic mass is 16.5. The third-order valence-corrected chi connectivity index (χ3v) is 2.92. The highest BCUT2D eigenvalue weighted by Gasteiger charge is 2.13. The third kappa shape index (κ3) is 2.23. The molecule has 1 radical (unpaired) electrons. The van der Waals surface area contributed by atoms with E-state index in [2.05, 4.69) is 17.4 Å². The van der Waals surface area contributed by atoms with E-state index in [9.17, 15) is 0 Å². The van der Waals surface area contributed by atoms with Crippen molar-refractivity contribution in [1.29, 1.82) is 0 Å². The van der Waals surface area contributed by atoms with Crippen molar-refractivity contribution in [1.82, 2.24) is 0 Å². The molecule has 0 unspecified atom stereocenters. The molecule has 1 aromatic rings. The van der Waals surface area contributed by atoms with Gasteiger partial charge in [-0.05, 0) is 31.4 Å². The molecule has 1 aliphatic heterocycles. The Morgan fingerprint density at radius 2 is 1.94 bits per heavy atom. The van der Waals surface area contributed by atoms with Gasteiger partial charge in [-0.15, -0.1) is 0 Å². The second kappa shape index (κ2) is 5.10. The molecule has 87 valence electrons. The molecule has 0 saturated carbocycles. The van der Waals surface area contributed by atoms with Gasteiger partial charge in [-0.25, -0.2) is 0 Å². The van der Waals surface area contributed by atoms with Gasteiger partial charge >= 0.3 is 0 Å². The van der Waals surface area contributed by atoms with Crippen molar-refractivity contribution in [3.63, 3.8) is 0 Å². The molecule has 1 saturated heterocycles. The molecule has 0 N–H and O–H groups in total. The van der Waals surface area contributed by atoms with Crippen LogP contribution in [0.1, 0.15) is 12.8 Å². The fourth-order valence-electron chi connectivity index (χ4n) is 2.02. The summed E-state index contributed by atoms with van der Waals surface area (Å²) in [6, 6.07) is 6.08. The second-order valence-corrected chi connectivity index (χ2v) is 3.92. The molecular formula is C13H18NO2. The monoisotopic (exact) mass is 220 g/mol. The van der Waals surface area contributed by atoms with Crippen LogP contribution in [-0.2, 0) is 0 Å². The first-order valence-electron chi connectivity index (χ1n) is 5.64. The first-order chi connectivity index (χ1) is 7.85. The van der Waals surface area contributed by atoms with E-state index >= 15 is 0 Å². The molecule has 0 aliphatic carbocycles. The summed E-state index contributed by atoms with van der Waals surface area (Å²) in [7, 11) is 3.33. The molecule has 0 spiro atoms. The molecule has 1 heterocycles. The lowest BCUT2D eigenvalue weighted by Gasteiger charge is -2.29. The molecule has 0 bridgehead atoms. The molecule has 0 aromatic heterocycles. The zero-order valence-electron chi connectivity index (χ0n) is 9.90. The predicted octanol–water partition coefficient (Wildman–Crippen LogP) is 2.51. The summed E-state index contributed by atoms with van der Waals surface area (Å²) >= 11 is 0. The lowest BCUT2D eigenvalue weighted by atomic mass is 10.1. The fraction of sp³-hybridized carbons (Fsp3) is 0.462. The Kier molecular flexibility index (Phi) is 3.54. The van der Waals surface area contributed by atoms with Crippen LogP contribution in [0.2, 0.25) is 0 Å². The van der Waals surface area contributed by atoms with Crippen molar-refractivity contribution in [2.24, 2.45) is 0 Å². The second-order valence-electron chi connectivity index (χ2n) is 3.92. The zero-order chi connectivity index (χ0) is 11.4. The first kappa shape index (κ1) is 11.1. The number of ether oxygens (including phenoxy) is 2. The van der Waals surface area contributed by atoms with Crippen LogP contribution in [0, 0.1) is 6.42 Å². The van der Waals surface area contributed by atoms with E-state index in [4.69, 9.17) is 9.47 Å². The molecule has 16 heavy (non-hydrogen) atoms. The Bertz CT molecular complexity index is 346. The van der Waals surface area contributed by atoms with Crippen LogP contribution >= 0.6 is 0 Å². The molecule has 1 fully saturated rings. The maximum Gasteiger partial charge on any atom is 0.162 e. The van der Waals surface area contributed by atoms with E-state index in [-0.39, 0.29) is 0 Å². The van der Waals surface area contributed by atoms with Crippen LogP contribution in [0.25, 0.3) is 0 Å². The average molecular weight is 220 g/mol. The maximum absolute atomic E-state index is 5.31. The highest BCUT2D eigenvalue weighted by Crippen LogP contribution is 2.32. The minimum atomic E-state index is 0.784. The number of nitrogens with zero attached hydrogens (tertiary/aromatic N) is 1. The van der Waals surface area contributed by atoms with Crippen molar-refractivity contribution in [3.05, 3.63) is 24.6 Å². The normalized spacial score (nSPS) is 16.0. The summed E-state index contributed by atoms with van der Waals surface area (Å²) < 4.78 is 10.5. The topological polar surface area (TPSA) is 21.7 Å². The van der Waals surface area contributed by atoms with Crippen molar-refractivity contribution in [2.45, 2.75) is 12.8 Å². The zero-order valence-corrected chi connectivity index (χ0v) is 9.90. The van der Waals surface area contributed by atoms with Gasteiger partial charge in [0.05, 0.1) is 14.2 Å². The smallest absolute Gasteiger partial charge is 0.162 e. The van der Waals surface area contributed by atoms with Gasteiger partial charge in [0.25, 0.3) is 0 Å². The van der Waals surface area contributed by atoms with E-state index in [0.717, 1.165) is 24.6 Å². The van der Waals surface area contributed by atoms with Gasteiger partial charge in [0, 0.05) is 24.8 Å². The van der Waals surface area contributed by atoms with Crippen LogP contribution in [0.5, 0.6) is 11.5 Å². The Morgan fingerprint density at radius 1 is 1.12 bits per heavy atom. The standard InChI is InChI=1S/C13H18NO2/c1-15-12-7-6-11(10-13(12)16-2)14-8-4-3-5-9-14/h4,6-7,10H,3,5,8-9H2,1-2H3. The van der Waals surface area contributed by atoms with E-state index in [1.165, 1.54) is 18.5 Å². The van der Waals surface area contributed by atoms with Crippen LogP contribution in [0.4, 0.5) is 5.69 Å². The van der Waals surface area contributed by atoms with Crippen molar-refractivity contribution in [2.75, 3.05) is 32.2 Å². The van der Waals surface area contributed by atoms with E-state index in [1.807, 2.05) is 12.1 Å². The molecule has 1 aromatic carbocycles. The van der Waals surface area contributed by atoms with Gasteiger partial charge in [-0.3, -0.25) is 0 Å². The Hall–Kier alpha value is -1.38. The SMILES string of the molecule is COc1ccc(N2C[CH]CCC2)cc1OC. The molecule has 3 nitrogen and oxygen atoms in total. The van der Waals surface area contributed by atoms with Crippen LogP contribution in [-0.4, -0.2) is 27.3 Å². The van der Waals surface area contributed by atoms with Crippen LogP contribution in [0.15, 0.2) is 18.2 Å². The summed E-state index contributed by atoms with van der Waals surface area (Å²) in [4.78, 5) is 2.35. The first-order valence-corrected chi connectivity index (χ1v) is 5.64. The van der Waals surface area contributed by atoms with Gasteiger partial charge in [0.2, 0.25) is 0 Å². The van der Waals surface area contributed by atoms with E-state index < -0.39 is 0 Å². The number of rotatable bonds is 3. The van der Waals surface area contributed by atoms with Crippen molar-refractivity contribution in [3.8, 4) is 11.5 Å². The van der Waals surface area contributed by atoms with Gasteiger partial charge in [-0.2, -0.15) is 0 Å². The Balaban J connectivity index is 2.20. The quantitative estimate of drug-likeness (QED) is 0.781. The number of methoxy groups -OCH3 is 2. The molecule has 0 amide bonds. The lowest BCUT2D eigenvalue weighted by Crippen LogP contribution is -2.29. The molecular weight excluding hydrogens is 202 g/mol. The van der Waals surface area contributed by atoms with Crippen molar-refractivity contribution < 1.29 is 9.47 Å².